The molecule has 0 fully saturated rings. The summed E-state index contributed by atoms with van der Waals surface area (Å²) in [6.45, 7) is 6.10. The predicted molar refractivity (Wildman–Crippen MR) is 119 cm³/mol. The number of ether oxygens (including phenoxy) is 1. The Hall–Kier alpha value is -2.00. The summed E-state index contributed by atoms with van der Waals surface area (Å²) in [5.74, 6) is 0.954. The van der Waals surface area contributed by atoms with Gasteiger partial charge in [0.05, 0.1) is 18.5 Å². The van der Waals surface area contributed by atoms with Crippen LogP contribution in [-0.4, -0.2) is 50.0 Å². The number of carbonyl (C=O) groups is 1. The molecule has 154 valence electrons. The maximum atomic E-state index is 12.5. The van der Waals surface area contributed by atoms with Crippen molar-refractivity contribution in [3.05, 3.63) is 39.8 Å². The number of thioether (sulfide) groups is 1. The van der Waals surface area contributed by atoms with E-state index in [1.807, 2.05) is 12.3 Å². The highest BCUT2D eigenvalue weighted by molar-refractivity contribution is 9.10. The van der Waals surface area contributed by atoms with Crippen LogP contribution in [0.2, 0.25) is 0 Å². The lowest BCUT2D eigenvalue weighted by molar-refractivity contribution is -0.142. The van der Waals surface area contributed by atoms with E-state index in [9.17, 15) is 4.79 Å². The summed E-state index contributed by atoms with van der Waals surface area (Å²) >= 11 is 5.32. The van der Waals surface area contributed by atoms with Crippen LogP contribution in [0.1, 0.15) is 49.2 Å². The van der Waals surface area contributed by atoms with Crippen LogP contribution in [-0.2, 0) is 9.53 Å². The van der Waals surface area contributed by atoms with Crippen molar-refractivity contribution in [2.75, 3.05) is 19.1 Å². The Morgan fingerprint density at radius 3 is 2.69 bits per heavy atom. The zero-order valence-electron chi connectivity index (χ0n) is 17.1. The summed E-state index contributed by atoms with van der Waals surface area (Å²) in [5, 5.41) is 8.66. The topological polar surface area (TPSA) is 82.8 Å². The third kappa shape index (κ3) is 4.45. The van der Waals surface area contributed by atoms with Crippen molar-refractivity contribution < 1.29 is 9.53 Å². The van der Waals surface area contributed by atoms with Gasteiger partial charge >= 0.3 is 5.97 Å². The lowest BCUT2D eigenvalue weighted by Gasteiger charge is -2.14. The van der Waals surface area contributed by atoms with Crippen LogP contribution in [0.4, 0.5) is 0 Å². The number of hydrogen-bond donors (Lipinski definition) is 0. The van der Waals surface area contributed by atoms with Gasteiger partial charge in [-0.2, -0.15) is 16.4 Å². The number of rotatable bonds is 7. The van der Waals surface area contributed by atoms with Crippen LogP contribution in [0.15, 0.2) is 22.7 Å². The average molecular weight is 478 g/mol. The van der Waals surface area contributed by atoms with Gasteiger partial charge in [-0.05, 0) is 64.9 Å². The first kappa shape index (κ1) is 21.7. The molecular weight excluding hydrogens is 454 g/mol. The SMILES string of the molecule is COC(=O)[C@@H](CCSC)c1nc(C)nc2c1nnn2-c1ccc(C(C)C)cc1Br. The molecule has 1 atom stereocenters. The summed E-state index contributed by atoms with van der Waals surface area (Å²) in [5.41, 5.74) is 3.71. The average Bonchev–Trinajstić information content (AvgIpc) is 3.11. The fraction of sp³-hybridized carbons (Fsp3) is 0.450. The second-order valence-electron chi connectivity index (χ2n) is 7.05. The van der Waals surface area contributed by atoms with Crippen molar-refractivity contribution in [1.29, 1.82) is 0 Å². The molecule has 0 N–H and O–H groups in total. The van der Waals surface area contributed by atoms with Crippen molar-refractivity contribution >= 4 is 44.8 Å². The van der Waals surface area contributed by atoms with Gasteiger partial charge in [-0.1, -0.05) is 25.1 Å². The molecule has 0 radical (unpaired) electrons. The van der Waals surface area contributed by atoms with Crippen molar-refractivity contribution in [2.24, 2.45) is 0 Å². The van der Waals surface area contributed by atoms with E-state index in [0.29, 0.717) is 35.0 Å². The second-order valence-corrected chi connectivity index (χ2v) is 8.89. The van der Waals surface area contributed by atoms with Gasteiger partial charge in [0.2, 0.25) is 0 Å². The molecule has 0 spiro atoms. The molecule has 7 nitrogen and oxygen atoms in total. The van der Waals surface area contributed by atoms with Gasteiger partial charge in [0.1, 0.15) is 11.7 Å². The van der Waals surface area contributed by atoms with Crippen LogP contribution in [0.5, 0.6) is 0 Å². The minimum atomic E-state index is -0.506. The normalized spacial score (nSPS) is 12.5. The summed E-state index contributed by atoms with van der Waals surface area (Å²) < 4.78 is 7.62. The molecule has 1 aromatic carbocycles. The first-order valence-corrected chi connectivity index (χ1v) is 11.5. The van der Waals surface area contributed by atoms with E-state index in [4.69, 9.17) is 4.74 Å². The van der Waals surface area contributed by atoms with Crippen molar-refractivity contribution in [3.63, 3.8) is 0 Å². The molecule has 3 aromatic rings. The predicted octanol–water partition coefficient (Wildman–Crippen LogP) is 4.41. The van der Waals surface area contributed by atoms with Gasteiger partial charge in [-0.25, -0.2) is 9.97 Å². The van der Waals surface area contributed by atoms with Crippen molar-refractivity contribution in [3.8, 4) is 5.69 Å². The Morgan fingerprint density at radius 1 is 1.31 bits per heavy atom. The highest BCUT2D eigenvalue weighted by Crippen LogP contribution is 2.30. The van der Waals surface area contributed by atoms with E-state index in [-0.39, 0.29) is 5.97 Å². The first-order valence-electron chi connectivity index (χ1n) is 9.33. The van der Waals surface area contributed by atoms with E-state index in [1.54, 1.807) is 23.4 Å². The van der Waals surface area contributed by atoms with Crippen molar-refractivity contribution in [1.82, 2.24) is 25.0 Å². The number of aryl methyl sites for hydroxylation is 1. The minimum absolute atomic E-state index is 0.324. The fourth-order valence-electron chi connectivity index (χ4n) is 3.15. The zero-order valence-corrected chi connectivity index (χ0v) is 19.5. The first-order chi connectivity index (χ1) is 13.9. The lowest BCUT2D eigenvalue weighted by Crippen LogP contribution is -2.18. The Labute approximate surface area is 182 Å². The highest BCUT2D eigenvalue weighted by atomic mass is 79.9. The number of benzene rings is 1. The summed E-state index contributed by atoms with van der Waals surface area (Å²) in [6, 6.07) is 6.15. The van der Waals surface area contributed by atoms with Gasteiger partial charge in [0, 0.05) is 4.47 Å². The van der Waals surface area contributed by atoms with Crippen LogP contribution in [0, 0.1) is 6.92 Å². The maximum absolute atomic E-state index is 12.5. The van der Waals surface area contributed by atoms with E-state index < -0.39 is 5.92 Å². The number of aromatic nitrogens is 5. The van der Waals surface area contributed by atoms with Crippen LogP contribution < -0.4 is 0 Å². The molecule has 0 aliphatic heterocycles. The maximum Gasteiger partial charge on any atom is 0.314 e. The van der Waals surface area contributed by atoms with E-state index in [2.05, 4.69) is 62.2 Å². The third-order valence-corrected chi connectivity index (χ3v) is 6.01. The van der Waals surface area contributed by atoms with Crippen LogP contribution in [0.25, 0.3) is 16.9 Å². The molecule has 0 amide bonds. The number of nitrogens with zero attached hydrogens (tertiary/aromatic N) is 5. The van der Waals surface area contributed by atoms with Gasteiger partial charge in [-0.15, -0.1) is 5.10 Å². The molecule has 0 unspecified atom stereocenters. The van der Waals surface area contributed by atoms with Gasteiger partial charge in [0.25, 0.3) is 0 Å². The number of methoxy groups -OCH3 is 1. The molecular formula is C20H24BrN5O2S. The van der Waals surface area contributed by atoms with E-state index >= 15 is 0 Å². The Morgan fingerprint density at radius 2 is 2.07 bits per heavy atom. The summed E-state index contributed by atoms with van der Waals surface area (Å²) in [6.07, 6.45) is 2.61. The Kier molecular flexibility index (Phi) is 6.89. The Bertz CT molecular complexity index is 1040. The molecule has 0 aliphatic rings. The van der Waals surface area contributed by atoms with Gasteiger partial charge < -0.3 is 4.74 Å². The van der Waals surface area contributed by atoms with Gasteiger partial charge in [-0.3, -0.25) is 4.79 Å². The molecule has 3 rings (SSSR count). The molecule has 0 bridgehead atoms. The number of fused-ring (bicyclic) bond motifs is 1. The standard InChI is InChI=1S/C20H24BrN5O2S/c1-11(2)13-6-7-16(15(21)10-13)26-19-18(24-25-26)17(22-12(3)23-19)14(8-9-29-5)20(27)28-4/h6-7,10-11,14H,8-9H2,1-5H3/t14-/m0/s1. The molecule has 0 saturated carbocycles. The van der Waals surface area contributed by atoms with Gasteiger partial charge in [0.15, 0.2) is 11.2 Å². The monoisotopic (exact) mass is 477 g/mol. The van der Waals surface area contributed by atoms with E-state index in [1.165, 1.54) is 12.7 Å². The number of carbonyl (C=O) groups excluding carboxylic acids is 1. The molecule has 29 heavy (non-hydrogen) atoms. The van der Waals surface area contributed by atoms with Crippen LogP contribution >= 0.6 is 27.7 Å². The van der Waals surface area contributed by atoms with Crippen LogP contribution in [0.3, 0.4) is 0 Å². The zero-order chi connectivity index (χ0) is 21.1. The number of esters is 1. The molecule has 0 aliphatic carbocycles. The lowest BCUT2D eigenvalue weighted by atomic mass is 10.0. The quantitative estimate of drug-likeness (QED) is 0.465. The third-order valence-electron chi connectivity index (χ3n) is 4.73. The summed E-state index contributed by atoms with van der Waals surface area (Å²) in [4.78, 5) is 21.6. The molecule has 2 aromatic heterocycles. The van der Waals surface area contributed by atoms with Crippen molar-refractivity contribution in [2.45, 2.75) is 39.0 Å². The van der Waals surface area contributed by atoms with E-state index in [0.717, 1.165) is 15.9 Å². The molecule has 9 heteroatoms. The minimum Gasteiger partial charge on any atom is -0.469 e. The Balaban J connectivity index is 2.15. The molecule has 0 saturated heterocycles. The summed E-state index contributed by atoms with van der Waals surface area (Å²) in [7, 11) is 1.39. The number of hydrogen-bond acceptors (Lipinski definition) is 7. The molecule has 2 heterocycles. The largest absolute Gasteiger partial charge is 0.469 e. The highest BCUT2D eigenvalue weighted by Gasteiger charge is 2.28. The number of halogens is 1. The smallest absolute Gasteiger partial charge is 0.314 e. The fourth-order valence-corrected chi connectivity index (χ4v) is 4.19. The second kappa shape index (κ2) is 9.21.